The summed E-state index contributed by atoms with van der Waals surface area (Å²) in [5, 5.41) is 4.43. The molecule has 0 saturated heterocycles. The van der Waals surface area contributed by atoms with Crippen LogP contribution in [0.2, 0.25) is 5.15 Å². The predicted octanol–water partition coefficient (Wildman–Crippen LogP) is 2.15. The third-order valence-electron chi connectivity index (χ3n) is 1.28. The molecular weight excluding hydrogens is 229 g/mol. The van der Waals surface area contributed by atoms with E-state index in [1.807, 2.05) is 0 Å². The van der Waals surface area contributed by atoms with Crippen molar-refractivity contribution in [3.63, 3.8) is 0 Å². The van der Waals surface area contributed by atoms with E-state index in [2.05, 4.69) is 26.0 Å². The van der Waals surface area contributed by atoms with Gasteiger partial charge in [-0.15, -0.1) is 0 Å². The SMILES string of the molecule is Clc1cc2nccc(Br)n2n1. The Morgan fingerprint density at radius 1 is 1.55 bits per heavy atom. The van der Waals surface area contributed by atoms with Crippen LogP contribution in [-0.2, 0) is 0 Å². The minimum Gasteiger partial charge on any atom is -0.237 e. The molecule has 2 aromatic heterocycles. The number of hydrogen-bond acceptors (Lipinski definition) is 2. The van der Waals surface area contributed by atoms with Gasteiger partial charge in [-0.1, -0.05) is 11.6 Å². The third kappa shape index (κ3) is 1.12. The molecule has 0 aliphatic heterocycles. The molecule has 0 spiro atoms. The van der Waals surface area contributed by atoms with Crippen LogP contribution >= 0.6 is 27.5 Å². The first-order chi connectivity index (χ1) is 5.27. The average Bonchev–Trinajstić information content (AvgIpc) is 2.31. The number of nitrogens with zero attached hydrogens (tertiary/aromatic N) is 3. The van der Waals surface area contributed by atoms with E-state index in [-0.39, 0.29) is 0 Å². The molecule has 0 aromatic carbocycles. The Bertz CT molecular complexity index is 398. The third-order valence-corrected chi connectivity index (χ3v) is 2.07. The Hall–Kier alpha value is -0.610. The highest BCUT2D eigenvalue weighted by atomic mass is 79.9. The summed E-state index contributed by atoms with van der Waals surface area (Å²) in [5.74, 6) is 0. The number of hydrogen-bond donors (Lipinski definition) is 0. The van der Waals surface area contributed by atoms with Crippen LogP contribution in [0.3, 0.4) is 0 Å². The van der Waals surface area contributed by atoms with Crippen LogP contribution < -0.4 is 0 Å². The largest absolute Gasteiger partial charge is 0.237 e. The van der Waals surface area contributed by atoms with E-state index in [4.69, 9.17) is 11.6 Å². The molecule has 0 bridgehead atoms. The molecule has 0 atom stereocenters. The van der Waals surface area contributed by atoms with E-state index in [9.17, 15) is 0 Å². The maximum absolute atomic E-state index is 5.66. The van der Waals surface area contributed by atoms with E-state index in [1.165, 1.54) is 0 Å². The Balaban J connectivity index is 2.90. The van der Waals surface area contributed by atoms with Crippen LogP contribution in [0, 0.1) is 0 Å². The number of fused-ring (bicyclic) bond motifs is 1. The molecule has 11 heavy (non-hydrogen) atoms. The lowest BCUT2D eigenvalue weighted by Gasteiger charge is -1.92. The molecule has 0 unspecified atom stereocenters. The van der Waals surface area contributed by atoms with Gasteiger partial charge in [0.1, 0.15) is 4.60 Å². The predicted molar refractivity (Wildman–Crippen MR) is 45.7 cm³/mol. The molecule has 0 aliphatic carbocycles. The fourth-order valence-electron chi connectivity index (χ4n) is 0.838. The maximum atomic E-state index is 5.66. The molecule has 5 heteroatoms. The van der Waals surface area contributed by atoms with Gasteiger partial charge >= 0.3 is 0 Å². The molecule has 0 radical (unpaired) electrons. The maximum Gasteiger partial charge on any atom is 0.157 e. The smallest absolute Gasteiger partial charge is 0.157 e. The van der Waals surface area contributed by atoms with Crippen molar-refractivity contribution in [2.45, 2.75) is 0 Å². The second kappa shape index (κ2) is 2.46. The number of rotatable bonds is 0. The Kier molecular flexibility index (Phi) is 1.58. The van der Waals surface area contributed by atoms with Crippen molar-refractivity contribution in [3.05, 3.63) is 28.1 Å². The first-order valence-corrected chi connectivity index (χ1v) is 4.10. The van der Waals surface area contributed by atoms with Crippen molar-refractivity contribution in [2.24, 2.45) is 0 Å². The molecule has 0 amide bonds. The first kappa shape index (κ1) is 7.06. The molecule has 2 heterocycles. The van der Waals surface area contributed by atoms with Crippen LogP contribution in [0.4, 0.5) is 0 Å². The van der Waals surface area contributed by atoms with Crippen molar-refractivity contribution in [3.8, 4) is 0 Å². The van der Waals surface area contributed by atoms with Gasteiger partial charge in [-0.3, -0.25) is 0 Å². The van der Waals surface area contributed by atoms with Gasteiger partial charge in [0.15, 0.2) is 10.8 Å². The van der Waals surface area contributed by atoms with Crippen molar-refractivity contribution >= 4 is 33.2 Å². The summed E-state index contributed by atoms with van der Waals surface area (Å²) in [6.45, 7) is 0. The molecule has 2 rings (SSSR count). The summed E-state index contributed by atoms with van der Waals surface area (Å²) in [6.07, 6.45) is 1.69. The van der Waals surface area contributed by atoms with Gasteiger partial charge < -0.3 is 0 Å². The van der Waals surface area contributed by atoms with Gasteiger partial charge in [-0.05, 0) is 22.0 Å². The second-order valence-electron chi connectivity index (χ2n) is 2.00. The van der Waals surface area contributed by atoms with Crippen LogP contribution in [0.5, 0.6) is 0 Å². The van der Waals surface area contributed by atoms with Gasteiger partial charge in [0.25, 0.3) is 0 Å². The lowest BCUT2D eigenvalue weighted by atomic mass is 10.6. The zero-order chi connectivity index (χ0) is 7.84. The van der Waals surface area contributed by atoms with Crippen LogP contribution in [0.25, 0.3) is 5.65 Å². The normalized spacial score (nSPS) is 10.7. The van der Waals surface area contributed by atoms with Crippen molar-refractivity contribution in [2.75, 3.05) is 0 Å². The minimum atomic E-state index is 0.449. The second-order valence-corrected chi connectivity index (χ2v) is 3.20. The summed E-state index contributed by atoms with van der Waals surface area (Å²) in [7, 11) is 0. The van der Waals surface area contributed by atoms with E-state index in [0.717, 1.165) is 10.3 Å². The number of aromatic nitrogens is 3. The summed E-state index contributed by atoms with van der Waals surface area (Å²) in [6, 6.07) is 3.50. The summed E-state index contributed by atoms with van der Waals surface area (Å²) >= 11 is 8.97. The zero-order valence-electron chi connectivity index (χ0n) is 5.33. The lowest BCUT2D eigenvalue weighted by Crippen LogP contribution is -1.89. The fraction of sp³-hybridized carbons (Fsp3) is 0. The minimum absolute atomic E-state index is 0.449. The molecule has 0 fully saturated rings. The van der Waals surface area contributed by atoms with E-state index < -0.39 is 0 Å². The highest BCUT2D eigenvalue weighted by molar-refractivity contribution is 9.10. The fourth-order valence-corrected chi connectivity index (χ4v) is 1.39. The molecule has 3 nitrogen and oxygen atoms in total. The summed E-state index contributed by atoms with van der Waals surface area (Å²) in [4.78, 5) is 4.05. The van der Waals surface area contributed by atoms with Crippen molar-refractivity contribution < 1.29 is 0 Å². The Morgan fingerprint density at radius 3 is 3.09 bits per heavy atom. The summed E-state index contributed by atoms with van der Waals surface area (Å²) < 4.78 is 2.47. The van der Waals surface area contributed by atoms with Crippen molar-refractivity contribution in [1.82, 2.24) is 14.6 Å². The van der Waals surface area contributed by atoms with Crippen LogP contribution in [-0.4, -0.2) is 14.6 Å². The van der Waals surface area contributed by atoms with Crippen molar-refractivity contribution in [1.29, 1.82) is 0 Å². The van der Waals surface area contributed by atoms with Gasteiger partial charge in [0.2, 0.25) is 0 Å². The standard InChI is InChI=1S/C6H3BrClN3/c7-4-1-2-9-6-3-5(8)10-11(4)6/h1-3H. The Labute approximate surface area is 76.1 Å². The Morgan fingerprint density at radius 2 is 2.36 bits per heavy atom. The molecule has 0 saturated carbocycles. The molecule has 0 N–H and O–H groups in total. The average molecular weight is 232 g/mol. The highest BCUT2D eigenvalue weighted by Crippen LogP contribution is 2.14. The van der Waals surface area contributed by atoms with E-state index >= 15 is 0 Å². The van der Waals surface area contributed by atoms with Crippen LogP contribution in [0.1, 0.15) is 0 Å². The number of halogens is 2. The lowest BCUT2D eigenvalue weighted by molar-refractivity contribution is 0.914. The zero-order valence-corrected chi connectivity index (χ0v) is 7.67. The van der Waals surface area contributed by atoms with E-state index in [1.54, 1.807) is 22.8 Å². The molecule has 0 aliphatic rings. The molecular formula is C6H3BrClN3. The monoisotopic (exact) mass is 231 g/mol. The van der Waals surface area contributed by atoms with Gasteiger partial charge in [-0.25, -0.2) is 9.50 Å². The van der Waals surface area contributed by atoms with Gasteiger partial charge in [0, 0.05) is 12.3 Å². The molecule has 56 valence electrons. The first-order valence-electron chi connectivity index (χ1n) is 2.93. The molecule has 2 aromatic rings. The quantitative estimate of drug-likeness (QED) is 0.652. The van der Waals surface area contributed by atoms with E-state index in [0.29, 0.717) is 5.15 Å². The topological polar surface area (TPSA) is 30.2 Å². The highest BCUT2D eigenvalue weighted by Gasteiger charge is 2.00. The van der Waals surface area contributed by atoms with Gasteiger partial charge in [0.05, 0.1) is 0 Å². The summed E-state index contributed by atoms with van der Waals surface area (Å²) in [5.41, 5.74) is 0.740. The van der Waals surface area contributed by atoms with Crippen LogP contribution in [0.15, 0.2) is 22.9 Å². The van der Waals surface area contributed by atoms with Gasteiger partial charge in [-0.2, -0.15) is 5.10 Å².